The van der Waals surface area contributed by atoms with Crippen LogP contribution in [0.4, 0.5) is 5.69 Å². The van der Waals surface area contributed by atoms with Gasteiger partial charge in [0.15, 0.2) is 0 Å². The highest BCUT2D eigenvalue weighted by Gasteiger charge is 2.20. The number of pyridine rings is 1. The molecule has 4 N–H and O–H groups in total. The van der Waals surface area contributed by atoms with Gasteiger partial charge in [-0.2, -0.15) is 0 Å². The van der Waals surface area contributed by atoms with Gasteiger partial charge in [-0.1, -0.05) is 25.1 Å². The Morgan fingerprint density at radius 1 is 1.30 bits per heavy atom. The van der Waals surface area contributed by atoms with Crippen molar-refractivity contribution in [3.05, 3.63) is 72.2 Å². The first-order valence-corrected chi connectivity index (χ1v) is 10.5. The van der Waals surface area contributed by atoms with Crippen molar-refractivity contribution < 1.29 is 9.84 Å². The fraction of sp³-hybridized carbons (Fsp3) is 0.375. The van der Waals surface area contributed by atoms with Gasteiger partial charge in [0.2, 0.25) is 0 Å². The predicted molar refractivity (Wildman–Crippen MR) is 122 cm³/mol. The van der Waals surface area contributed by atoms with Crippen LogP contribution in [0.2, 0.25) is 0 Å². The van der Waals surface area contributed by atoms with Crippen molar-refractivity contribution in [1.29, 1.82) is 0 Å². The Morgan fingerprint density at radius 3 is 2.87 bits per heavy atom. The SMILES string of the molecule is CCC(CCO)OC1CC(c2ccn3ccnc3c2)=CCN1.Cc1cccc(N)c1. The number of nitrogens with zero attached hydrogens (tertiary/aromatic N) is 2. The normalized spacial score (nSPS) is 17.2. The maximum atomic E-state index is 9.09. The predicted octanol–water partition coefficient (Wildman–Crippen LogP) is 3.79. The lowest BCUT2D eigenvalue weighted by atomic mass is 10.00. The fourth-order valence-electron chi connectivity index (χ4n) is 3.53. The summed E-state index contributed by atoms with van der Waals surface area (Å²) in [7, 11) is 0. The summed E-state index contributed by atoms with van der Waals surface area (Å²) in [6.07, 6.45) is 10.6. The number of anilines is 1. The highest BCUT2D eigenvalue weighted by Crippen LogP contribution is 2.25. The minimum absolute atomic E-state index is 0.00692. The van der Waals surface area contributed by atoms with Crippen molar-refractivity contribution in [3.63, 3.8) is 0 Å². The summed E-state index contributed by atoms with van der Waals surface area (Å²) in [5, 5.41) is 12.5. The standard InChI is InChI=1S/C17H23N3O2.C7H9N/c1-2-15(5-10-21)22-17-12-13(3-6-19-17)14-4-8-20-9-7-18-16(20)11-14;1-6-3-2-4-7(8)5-6/h3-4,7-9,11,15,17,19,21H,2,5-6,10,12H2,1H3;2-5H,8H2,1H3. The lowest BCUT2D eigenvalue weighted by Gasteiger charge is -2.28. The number of nitrogen functional groups attached to an aromatic ring is 1. The molecule has 0 fully saturated rings. The smallest absolute Gasteiger partial charge is 0.137 e. The molecule has 1 aromatic carbocycles. The van der Waals surface area contributed by atoms with Crippen LogP contribution in [-0.2, 0) is 4.74 Å². The van der Waals surface area contributed by atoms with Gasteiger partial charge in [0.25, 0.3) is 0 Å². The lowest BCUT2D eigenvalue weighted by molar-refractivity contribution is -0.0382. The van der Waals surface area contributed by atoms with Crippen molar-refractivity contribution in [2.24, 2.45) is 0 Å². The first kappa shape index (κ1) is 22.0. The van der Waals surface area contributed by atoms with Crippen LogP contribution < -0.4 is 11.1 Å². The number of ether oxygens (including phenoxy) is 1. The van der Waals surface area contributed by atoms with Gasteiger partial charge < -0.3 is 20.0 Å². The summed E-state index contributed by atoms with van der Waals surface area (Å²) < 4.78 is 8.08. The second-order valence-corrected chi connectivity index (χ2v) is 7.53. The number of rotatable bonds is 6. The minimum atomic E-state index is 0.00692. The third-order valence-corrected chi connectivity index (χ3v) is 5.17. The van der Waals surface area contributed by atoms with Crippen molar-refractivity contribution in [3.8, 4) is 0 Å². The third kappa shape index (κ3) is 6.16. The number of aliphatic hydroxyl groups excluding tert-OH is 1. The van der Waals surface area contributed by atoms with Gasteiger partial charge in [0, 0.05) is 43.9 Å². The molecular weight excluding hydrogens is 376 g/mol. The molecule has 0 aliphatic carbocycles. The topological polar surface area (TPSA) is 84.8 Å². The molecule has 0 saturated carbocycles. The number of imidazole rings is 1. The Balaban J connectivity index is 0.000000269. The number of aromatic nitrogens is 2. The number of hydrogen-bond donors (Lipinski definition) is 3. The molecule has 2 unspecified atom stereocenters. The zero-order chi connectivity index (χ0) is 21.3. The van der Waals surface area contributed by atoms with Crippen molar-refractivity contribution >= 4 is 16.9 Å². The van der Waals surface area contributed by atoms with Crippen LogP contribution in [0.5, 0.6) is 0 Å². The van der Waals surface area contributed by atoms with Crippen LogP contribution in [0.1, 0.15) is 37.3 Å². The fourth-order valence-corrected chi connectivity index (χ4v) is 3.53. The lowest BCUT2D eigenvalue weighted by Crippen LogP contribution is -2.38. The van der Waals surface area contributed by atoms with Crippen LogP contribution in [0.25, 0.3) is 11.2 Å². The van der Waals surface area contributed by atoms with Gasteiger partial charge in [-0.3, -0.25) is 5.32 Å². The average Bonchev–Trinajstić information content (AvgIpc) is 3.22. The monoisotopic (exact) mass is 408 g/mol. The molecule has 1 aliphatic heterocycles. The number of hydrogen-bond acceptors (Lipinski definition) is 5. The Hall–Kier alpha value is -2.67. The molecule has 0 spiro atoms. The molecule has 0 amide bonds. The second-order valence-electron chi connectivity index (χ2n) is 7.53. The number of aliphatic hydroxyl groups is 1. The maximum Gasteiger partial charge on any atom is 0.137 e. The number of nitrogens with two attached hydrogens (primary N) is 1. The molecule has 1 aliphatic rings. The summed E-state index contributed by atoms with van der Waals surface area (Å²) in [6.45, 7) is 5.09. The van der Waals surface area contributed by atoms with Crippen LogP contribution in [0, 0.1) is 6.92 Å². The van der Waals surface area contributed by atoms with Gasteiger partial charge in [0.05, 0.1) is 6.10 Å². The van der Waals surface area contributed by atoms with E-state index >= 15 is 0 Å². The van der Waals surface area contributed by atoms with E-state index in [0.717, 1.165) is 30.7 Å². The number of fused-ring (bicyclic) bond motifs is 1. The largest absolute Gasteiger partial charge is 0.399 e. The van der Waals surface area contributed by atoms with Gasteiger partial charge in [-0.05, 0) is 60.7 Å². The molecule has 6 heteroatoms. The van der Waals surface area contributed by atoms with E-state index in [2.05, 4.69) is 35.4 Å². The molecule has 0 radical (unpaired) electrons. The highest BCUT2D eigenvalue weighted by molar-refractivity contribution is 5.69. The molecule has 2 aromatic heterocycles. The average molecular weight is 409 g/mol. The molecule has 2 atom stereocenters. The van der Waals surface area contributed by atoms with E-state index in [9.17, 15) is 0 Å². The Morgan fingerprint density at radius 2 is 2.17 bits per heavy atom. The quantitative estimate of drug-likeness (QED) is 0.541. The molecule has 30 heavy (non-hydrogen) atoms. The Labute approximate surface area is 178 Å². The molecule has 3 aromatic rings. The van der Waals surface area contributed by atoms with E-state index in [4.69, 9.17) is 15.6 Å². The molecule has 4 rings (SSSR count). The van der Waals surface area contributed by atoms with Gasteiger partial charge in [-0.25, -0.2) is 4.98 Å². The Bertz CT molecular complexity index is 949. The minimum Gasteiger partial charge on any atom is -0.399 e. The van der Waals surface area contributed by atoms with E-state index in [1.165, 1.54) is 16.7 Å². The molecule has 3 heterocycles. The molecular formula is C24H32N4O2. The van der Waals surface area contributed by atoms with Crippen LogP contribution in [-0.4, -0.2) is 40.0 Å². The van der Waals surface area contributed by atoms with Crippen molar-refractivity contribution in [1.82, 2.24) is 14.7 Å². The molecule has 160 valence electrons. The van der Waals surface area contributed by atoms with Gasteiger partial charge >= 0.3 is 0 Å². The zero-order valence-electron chi connectivity index (χ0n) is 17.8. The van der Waals surface area contributed by atoms with Gasteiger partial charge in [0.1, 0.15) is 11.9 Å². The van der Waals surface area contributed by atoms with E-state index in [-0.39, 0.29) is 18.9 Å². The summed E-state index contributed by atoms with van der Waals surface area (Å²) in [6, 6.07) is 12.0. The summed E-state index contributed by atoms with van der Waals surface area (Å²) in [4.78, 5) is 4.34. The van der Waals surface area contributed by atoms with Crippen molar-refractivity contribution in [2.75, 3.05) is 18.9 Å². The van der Waals surface area contributed by atoms with Crippen LogP contribution in [0.3, 0.4) is 0 Å². The first-order chi connectivity index (χ1) is 14.6. The molecule has 0 saturated heterocycles. The van der Waals surface area contributed by atoms with Crippen LogP contribution in [0.15, 0.2) is 61.1 Å². The highest BCUT2D eigenvalue weighted by atomic mass is 16.5. The summed E-state index contributed by atoms with van der Waals surface area (Å²) >= 11 is 0. The third-order valence-electron chi connectivity index (χ3n) is 5.17. The summed E-state index contributed by atoms with van der Waals surface area (Å²) in [5.41, 5.74) is 11.0. The van der Waals surface area contributed by atoms with Crippen molar-refractivity contribution in [2.45, 2.75) is 45.4 Å². The molecule has 0 bridgehead atoms. The zero-order valence-corrected chi connectivity index (χ0v) is 17.8. The van der Waals surface area contributed by atoms with E-state index < -0.39 is 0 Å². The van der Waals surface area contributed by atoms with Gasteiger partial charge in [-0.15, -0.1) is 0 Å². The summed E-state index contributed by atoms with van der Waals surface area (Å²) in [5.74, 6) is 0. The number of benzene rings is 1. The number of nitrogens with one attached hydrogen (secondary N) is 1. The second kappa shape index (κ2) is 10.9. The van der Waals surface area contributed by atoms with E-state index in [1.807, 2.05) is 54.2 Å². The Kier molecular flexibility index (Phi) is 8.02. The maximum absolute atomic E-state index is 9.09. The van der Waals surface area contributed by atoms with E-state index in [0.29, 0.717) is 6.42 Å². The van der Waals surface area contributed by atoms with Crippen LogP contribution >= 0.6 is 0 Å². The van der Waals surface area contributed by atoms with E-state index in [1.54, 1.807) is 0 Å². The molecule has 6 nitrogen and oxygen atoms in total. The number of aryl methyl sites for hydroxylation is 1. The first-order valence-electron chi connectivity index (χ1n) is 10.5.